The molecule has 154 valence electrons. The average molecular weight is 481 g/mol. The maximum Gasteiger partial charge on any atom is 0.328 e. The largest absolute Gasteiger partial charge is 0.486 e. The van der Waals surface area contributed by atoms with Crippen molar-refractivity contribution in [3.63, 3.8) is 0 Å². The normalized spacial score (nSPS) is 20.2. The van der Waals surface area contributed by atoms with Crippen LogP contribution in [0.15, 0.2) is 57.9 Å². The van der Waals surface area contributed by atoms with Gasteiger partial charge >= 0.3 is 5.97 Å². The summed E-state index contributed by atoms with van der Waals surface area (Å²) < 4.78 is 42.8. The van der Waals surface area contributed by atoms with Gasteiger partial charge in [-0.05, 0) is 49.2 Å². The van der Waals surface area contributed by atoms with Gasteiger partial charge in [-0.1, -0.05) is 40.9 Å². The second-order valence-corrected chi connectivity index (χ2v) is 10.4. The van der Waals surface area contributed by atoms with Crippen molar-refractivity contribution in [2.45, 2.75) is 41.4 Å². The SMILES string of the molecule is O=C(OCC1COc2ccccc2O1)C1(S(=O)(=O)c2ccc(Br)cc2)CCCC1. The summed E-state index contributed by atoms with van der Waals surface area (Å²) in [5.74, 6) is 0.512. The highest BCUT2D eigenvalue weighted by atomic mass is 79.9. The van der Waals surface area contributed by atoms with Gasteiger partial charge in [0.05, 0.1) is 4.90 Å². The van der Waals surface area contributed by atoms with Crippen LogP contribution in [0.1, 0.15) is 25.7 Å². The summed E-state index contributed by atoms with van der Waals surface area (Å²) in [6.07, 6.45) is 1.37. The molecule has 1 unspecified atom stereocenters. The lowest BCUT2D eigenvalue weighted by molar-refractivity contribution is -0.150. The molecule has 1 aliphatic heterocycles. The molecule has 1 aliphatic carbocycles. The van der Waals surface area contributed by atoms with E-state index >= 15 is 0 Å². The third kappa shape index (κ3) is 3.75. The molecule has 4 rings (SSSR count). The van der Waals surface area contributed by atoms with Gasteiger partial charge in [0.1, 0.15) is 13.2 Å². The van der Waals surface area contributed by atoms with Gasteiger partial charge in [0.2, 0.25) is 0 Å². The van der Waals surface area contributed by atoms with Gasteiger partial charge in [-0.3, -0.25) is 4.79 Å². The van der Waals surface area contributed by atoms with Crippen molar-refractivity contribution in [1.29, 1.82) is 0 Å². The number of para-hydroxylation sites is 2. The van der Waals surface area contributed by atoms with E-state index in [-0.39, 0.29) is 31.0 Å². The van der Waals surface area contributed by atoms with E-state index < -0.39 is 26.7 Å². The van der Waals surface area contributed by atoms with Gasteiger partial charge in [-0.25, -0.2) is 8.42 Å². The Bertz CT molecular complexity index is 996. The molecule has 6 nitrogen and oxygen atoms in total. The Kier molecular flexibility index (Phi) is 5.57. The Morgan fingerprint density at radius 1 is 1.07 bits per heavy atom. The van der Waals surface area contributed by atoms with Crippen LogP contribution in [0, 0.1) is 0 Å². The first kappa shape index (κ1) is 20.2. The number of halogens is 1. The number of esters is 1. The molecule has 0 spiro atoms. The Morgan fingerprint density at radius 3 is 2.41 bits per heavy atom. The molecule has 0 aromatic heterocycles. The Hall–Kier alpha value is -2.06. The number of carbonyl (C=O) groups is 1. The molecular formula is C21H21BrO6S. The van der Waals surface area contributed by atoms with Gasteiger partial charge < -0.3 is 14.2 Å². The molecule has 2 aliphatic rings. The number of rotatable bonds is 5. The van der Waals surface area contributed by atoms with Crippen LogP contribution in [0.3, 0.4) is 0 Å². The summed E-state index contributed by atoms with van der Waals surface area (Å²) >= 11 is 3.31. The molecule has 0 saturated heterocycles. The summed E-state index contributed by atoms with van der Waals surface area (Å²) in [6.45, 7) is 0.168. The summed E-state index contributed by atoms with van der Waals surface area (Å²) in [5.41, 5.74) is 0. The minimum absolute atomic E-state index is 0.0647. The zero-order chi connectivity index (χ0) is 20.5. The van der Waals surface area contributed by atoms with Crippen LogP contribution in [0.4, 0.5) is 0 Å². The quantitative estimate of drug-likeness (QED) is 0.603. The fourth-order valence-electron chi connectivity index (χ4n) is 3.81. The maximum atomic E-state index is 13.4. The van der Waals surface area contributed by atoms with Crippen molar-refractivity contribution in [3.05, 3.63) is 53.0 Å². The van der Waals surface area contributed by atoms with Crippen molar-refractivity contribution in [2.24, 2.45) is 0 Å². The van der Waals surface area contributed by atoms with Crippen LogP contribution in [0.5, 0.6) is 11.5 Å². The second-order valence-electron chi connectivity index (χ2n) is 7.25. The van der Waals surface area contributed by atoms with Crippen LogP contribution in [0.2, 0.25) is 0 Å². The predicted octanol–water partition coefficient (Wildman–Crippen LogP) is 3.92. The number of benzene rings is 2. The maximum absolute atomic E-state index is 13.4. The van der Waals surface area contributed by atoms with E-state index in [1.54, 1.807) is 24.3 Å². The first-order valence-corrected chi connectivity index (χ1v) is 11.8. The van der Waals surface area contributed by atoms with E-state index in [0.29, 0.717) is 24.3 Å². The van der Waals surface area contributed by atoms with E-state index in [4.69, 9.17) is 14.2 Å². The molecule has 1 atom stereocenters. The number of hydrogen-bond acceptors (Lipinski definition) is 6. The topological polar surface area (TPSA) is 78.9 Å². The Labute approximate surface area is 178 Å². The predicted molar refractivity (Wildman–Crippen MR) is 110 cm³/mol. The van der Waals surface area contributed by atoms with Crippen LogP contribution in [-0.2, 0) is 19.4 Å². The molecule has 0 amide bonds. The fourth-order valence-corrected chi connectivity index (χ4v) is 6.13. The summed E-state index contributed by atoms with van der Waals surface area (Å²) in [4.78, 5) is 13.2. The van der Waals surface area contributed by atoms with Crippen LogP contribution in [0.25, 0.3) is 0 Å². The first-order valence-electron chi connectivity index (χ1n) is 9.48. The van der Waals surface area contributed by atoms with Crippen molar-refractivity contribution in [3.8, 4) is 11.5 Å². The summed E-state index contributed by atoms with van der Waals surface area (Å²) in [5, 5.41) is 0. The van der Waals surface area contributed by atoms with Crippen molar-refractivity contribution in [1.82, 2.24) is 0 Å². The highest BCUT2D eigenvalue weighted by Gasteiger charge is 2.54. The average Bonchev–Trinajstić information content (AvgIpc) is 3.24. The van der Waals surface area contributed by atoms with E-state index in [0.717, 1.165) is 4.47 Å². The van der Waals surface area contributed by atoms with Gasteiger partial charge in [-0.2, -0.15) is 0 Å². The van der Waals surface area contributed by atoms with Crippen LogP contribution >= 0.6 is 15.9 Å². The molecule has 2 aromatic rings. The summed E-state index contributed by atoms with van der Waals surface area (Å²) in [7, 11) is -3.89. The van der Waals surface area contributed by atoms with Crippen LogP contribution < -0.4 is 9.47 Å². The molecule has 0 bridgehead atoms. The van der Waals surface area contributed by atoms with Gasteiger partial charge in [0.15, 0.2) is 32.2 Å². The monoisotopic (exact) mass is 480 g/mol. The molecule has 1 heterocycles. The van der Waals surface area contributed by atoms with E-state index in [1.165, 1.54) is 12.1 Å². The summed E-state index contributed by atoms with van der Waals surface area (Å²) in [6, 6.07) is 13.6. The zero-order valence-electron chi connectivity index (χ0n) is 15.7. The Balaban J connectivity index is 1.50. The van der Waals surface area contributed by atoms with Gasteiger partial charge in [0.25, 0.3) is 0 Å². The highest BCUT2D eigenvalue weighted by Crippen LogP contribution is 2.42. The Morgan fingerprint density at radius 2 is 1.72 bits per heavy atom. The van der Waals surface area contributed by atoms with Gasteiger partial charge in [0, 0.05) is 4.47 Å². The van der Waals surface area contributed by atoms with Crippen molar-refractivity contribution < 1.29 is 27.4 Å². The molecule has 0 N–H and O–H groups in total. The molecule has 1 saturated carbocycles. The zero-order valence-corrected chi connectivity index (χ0v) is 18.1. The van der Waals surface area contributed by atoms with Crippen LogP contribution in [-0.4, -0.2) is 38.5 Å². The smallest absolute Gasteiger partial charge is 0.328 e. The number of hydrogen-bond donors (Lipinski definition) is 0. The molecule has 2 aromatic carbocycles. The minimum atomic E-state index is -3.89. The second kappa shape index (κ2) is 7.99. The minimum Gasteiger partial charge on any atom is -0.486 e. The first-order chi connectivity index (χ1) is 13.9. The highest BCUT2D eigenvalue weighted by molar-refractivity contribution is 9.10. The lowest BCUT2D eigenvalue weighted by atomic mass is 10.1. The molecular weight excluding hydrogens is 460 g/mol. The van der Waals surface area contributed by atoms with E-state index in [1.807, 2.05) is 12.1 Å². The van der Waals surface area contributed by atoms with E-state index in [2.05, 4.69) is 15.9 Å². The number of sulfone groups is 1. The number of fused-ring (bicyclic) bond motifs is 1. The standard InChI is InChI=1S/C21H21BrO6S/c22-15-7-9-17(10-8-15)29(24,25)21(11-3-4-12-21)20(23)27-14-16-13-26-18-5-1-2-6-19(18)28-16/h1-2,5-10,16H,3-4,11-14H2. The molecule has 1 fully saturated rings. The lowest BCUT2D eigenvalue weighted by Gasteiger charge is -2.29. The molecule has 29 heavy (non-hydrogen) atoms. The number of ether oxygens (including phenoxy) is 3. The third-order valence-corrected chi connectivity index (χ3v) is 8.41. The van der Waals surface area contributed by atoms with Gasteiger partial charge in [-0.15, -0.1) is 0 Å². The molecule has 0 radical (unpaired) electrons. The lowest BCUT2D eigenvalue weighted by Crippen LogP contribution is -2.46. The van der Waals surface area contributed by atoms with Crippen molar-refractivity contribution in [2.75, 3.05) is 13.2 Å². The van der Waals surface area contributed by atoms with E-state index in [9.17, 15) is 13.2 Å². The van der Waals surface area contributed by atoms with Crippen molar-refractivity contribution >= 4 is 31.7 Å². The fraction of sp³-hybridized carbons (Fsp3) is 0.381. The number of carbonyl (C=O) groups excluding carboxylic acids is 1. The molecule has 8 heteroatoms. The third-order valence-electron chi connectivity index (χ3n) is 5.39.